The number of hydrogen-bond acceptors (Lipinski definition) is 3. The average Bonchev–Trinajstić information content (AvgIpc) is 2.35. The van der Waals surface area contributed by atoms with Crippen LogP contribution in [0.2, 0.25) is 0 Å². The summed E-state index contributed by atoms with van der Waals surface area (Å²) in [7, 11) is 1.53. The number of ether oxygens (including phenoxy) is 1. The third kappa shape index (κ3) is 3.70. The third-order valence-corrected chi connectivity index (χ3v) is 3.40. The summed E-state index contributed by atoms with van der Waals surface area (Å²) in [4.78, 5) is 13.9. The van der Waals surface area contributed by atoms with Crippen LogP contribution in [0.15, 0.2) is 18.2 Å². The fourth-order valence-corrected chi connectivity index (χ4v) is 2.54. The van der Waals surface area contributed by atoms with E-state index in [1.807, 2.05) is 0 Å². The van der Waals surface area contributed by atoms with Gasteiger partial charge in [0, 0.05) is 25.2 Å². The molecule has 1 N–H and O–H groups in total. The van der Waals surface area contributed by atoms with E-state index in [0.29, 0.717) is 23.3 Å². The van der Waals surface area contributed by atoms with Crippen LogP contribution in [0.3, 0.4) is 0 Å². The second kappa shape index (κ2) is 5.79. The minimum absolute atomic E-state index is 0.0808. The van der Waals surface area contributed by atoms with Crippen molar-refractivity contribution >= 4 is 5.91 Å². The Morgan fingerprint density at radius 2 is 2.15 bits per heavy atom. The normalized spacial score (nSPS) is 17.4. The molecule has 0 unspecified atom stereocenters. The maximum Gasteiger partial charge on any atom is 0.234 e. The lowest BCUT2D eigenvalue weighted by molar-refractivity contribution is -0.125. The summed E-state index contributed by atoms with van der Waals surface area (Å²) in [5.74, 6) is 0.166. The van der Waals surface area contributed by atoms with Crippen LogP contribution in [0.25, 0.3) is 0 Å². The van der Waals surface area contributed by atoms with E-state index in [0.717, 1.165) is 13.1 Å². The van der Waals surface area contributed by atoms with E-state index < -0.39 is 0 Å². The molecule has 1 aromatic carbocycles. The number of carbonyl (C=O) groups excluding carboxylic acids is 1. The van der Waals surface area contributed by atoms with Crippen molar-refractivity contribution in [1.82, 2.24) is 10.2 Å². The molecule has 20 heavy (non-hydrogen) atoms. The first kappa shape index (κ1) is 14.8. The molecule has 1 saturated heterocycles. The minimum atomic E-state index is -0.337. The van der Waals surface area contributed by atoms with Crippen LogP contribution >= 0.6 is 0 Å². The molecule has 110 valence electrons. The van der Waals surface area contributed by atoms with E-state index in [4.69, 9.17) is 4.74 Å². The molecule has 0 saturated carbocycles. The lowest BCUT2D eigenvalue weighted by Gasteiger charge is -2.45. The number of halogens is 1. The Bertz CT molecular complexity index is 495. The van der Waals surface area contributed by atoms with Crippen LogP contribution in [-0.2, 0) is 11.3 Å². The first-order chi connectivity index (χ1) is 9.39. The summed E-state index contributed by atoms with van der Waals surface area (Å²) in [5, 5.41) is 2.74. The van der Waals surface area contributed by atoms with E-state index in [2.05, 4.69) is 24.1 Å². The monoisotopic (exact) mass is 280 g/mol. The first-order valence-corrected chi connectivity index (χ1v) is 6.71. The number of amides is 1. The molecule has 0 bridgehead atoms. The molecule has 2 rings (SSSR count). The molecule has 1 amide bonds. The first-order valence-electron chi connectivity index (χ1n) is 6.71. The van der Waals surface area contributed by atoms with E-state index in [1.165, 1.54) is 13.2 Å². The second-order valence-corrected chi connectivity index (χ2v) is 6.04. The van der Waals surface area contributed by atoms with Gasteiger partial charge in [-0.3, -0.25) is 9.69 Å². The quantitative estimate of drug-likeness (QED) is 0.894. The van der Waals surface area contributed by atoms with Crippen molar-refractivity contribution in [2.75, 3.05) is 26.7 Å². The van der Waals surface area contributed by atoms with E-state index >= 15 is 0 Å². The van der Waals surface area contributed by atoms with Gasteiger partial charge >= 0.3 is 0 Å². The largest absolute Gasteiger partial charge is 0.497 e. The maximum absolute atomic E-state index is 13.6. The summed E-state index contributed by atoms with van der Waals surface area (Å²) in [5.41, 5.74) is 0.737. The van der Waals surface area contributed by atoms with Crippen molar-refractivity contribution in [2.45, 2.75) is 20.4 Å². The van der Waals surface area contributed by atoms with Gasteiger partial charge in [0.1, 0.15) is 11.6 Å². The van der Waals surface area contributed by atoms with Gasteiger partial charge in [0.2, 0.25) is 5.91 Å². The van der Waals surface area contributed by atoms with E-state index in [1.54, 1.807) is 12.1 Å². The Labute approximate surface area is 118 Å². The zero-order valence-corrected chi connectivity index (χ0v) is 12.2. The molecule has 1 heterocycles. The van der Waals surface area contributed by atoms with Gasteiger partial charge in [0.15, 0.2) is 0 Å². The topological polar surface area (TPSA) is 41.6 Å². The highest BCUT2D eigenvalue weighted by Gasteiger charge is 2.34. The molecular weight excluding hydrogens is 259 g/mol. The summed E-state index contributed by atoms with van der Waals surface area (Å²) in [6.07, 6.45) is 0. The number of hydrogen-bond donors (Lipinski definition) is 1. The van der Waals surface area contributed by atoms with Crippen LogP contribution in [0.1, 0.15) is 19.4 Å². The van der Waals surface area contributed by atoms with Gasteiger partial charge in [-0.15, -0.1) is 0 Å². The van der Waals surface area contributed by atoms with Crippen LogP contribution in [0.4, 0.5) is 4.39 Å². The molecule has 1 fully saturated rings. The van der Waals surface area contributed by atoms with Gasteiger partial charge in [-0.2, -0.15) is 0 Å². The van der Waals surface area contributed by atoms with Crippen molar-refractivity contribution < 1.29 is 13.9 Å². The van der Waals surface area contributed by atoms with Gasteiger partial charge in [0.05, 0.1) is 13.7 Å². The lowest BCUT2D eigenvalue weighted by Crippen LogP contribution is -2.55. The average molecular weight is 280 g/mol. The number of rotatable bonds is 5. The highest BCUT2D eigenvalue weighted by atomic mass is 19.1. The van der Waals surface area contributed by atoms with Gasteiger partial charge in [-0.1, -0.05) is 13.8 Å². The van der Waals surface area contributed by atoms with Crippen LogP contribution < -0.4 is 10.1 Å². The summed E-state index contributed by atoms with van der Waals surface area (Å²) in [6, 6.07) is 4.50. The molecule has 0 atom stereocenters. The molecule has 1 aliphatic heterocycles. The van der Waals surface area contributed by atoms with Crippen molar-refractivity contribution in [1.29, 1.82) is 0 Å². The van der Waals surface area contributed by atoms with Crippen molar-refractivity contribution in [3.8, 4) is 5.75 Å². The van der Waals surface area contributed by atoms with E-state index in [9.17, 15) is 9.18 Å². The number of nitrogens with one attached hydrogen (secondary N) is 1. The standard InChI is InChI=1S/C15H21FN2O2/c1-15(2)9-18(10-15)8-14(19)17-7-11-6-12(20-3)4-5-13(11)16/h4-6H,7-10H2,1-3H3,(H,17,19). The SMILES string of the molecule is COc1ccc(F)c(CNC(=O)CN2CC(C)(C)C2)c1. The number of nitrogens with zero attached hydrogens (tertiary/aromatic N) is 1. The molecule has 5 heteroatoms. The Morgan fingerprint density at radius 3 is 2.75 bits per heavy atom. The number of carbonyl (C=O) groups is 1. The van der Waals surface area contributed by atoms with Crippen LogP contribution in [-0.4, -0.2) is 37.6 Å². The molecular formula is C15H21FN2O2. The van der Waals surface area contributed by atoms with Crippen LogP contribution in [0, 0.1) is 11.2 Å². The molecule has 1 aliphatic rings. The van der Waals surface area contributed by atoms with Gasteiger partial charge in [-0.25, -0.2) is 4.39 Å². The summed E-state index contributed by atoms with van der Waals surface area (Å²) < 4.78 is 18.6. The Hall–Kier alpha value is -1.62. The highest BCUT2D eigenvalue weighted by Crippen LogP contribution is 2.27. The molecule has 0 radical (unpaired) electrons. The number of benzene rings is 1. The van der Waals surface area contributed by atoms with Crippen molar-refractivity contribution in [3.63, 3.8) is 0 Å². The zero-order valence-electron chi connectivity index (χ0n) is 12.2. The van der Waals surface area contributed by atoms with Gasteiger partial charge in [0.25, 0.3) is 0 Å². The molecule has 1 aromatic rings. The molecule has 4 nitrogen and oxygen atoms in total. The summed E-state index contributed by atoms with van der Waals surface area (Å²) >= 11 is 0. The predicted molar refractivity (Wildman–Crippen MR) is 75.0 cm³/mol. The Morgan fingerprint density at radius 1 is 1.45 bits per heavy atom. The molecule has 0 aliphatic carbocycles. The minimum Gasteiger partial charge on any atom is -0.497 e. The third-order valence-electron chi connectivity index (χ3n) is 3.40. The van der Waals surface area contributed by atoms with Crippen LogP contribution in [0.5, 0.6) is 5.75 Å². The predicted octanol–water partition coefficient (Wildman–Crippen LogP) is 1.79. The van der Waals surface area contributed by atoms with Gasteiger partial charge in [-0.05, 0) is 23.6 Å². The smallest absolute Gasteiger partial charge is 0.234 e. The second-order valence-electron chi connectivity index (χ2n) is 6.04. The number of methoxy groups -OCH3 is 1. The fourth-order valence-electron chi connectivity index (χ4n) is 2.54. The fraction of sp³-hybridized carbons (Fsp3) is 0.533. The molecule has 0 aromatic heterocycles. The Kier molecular flexibility index (Phi) is 4.28. The number of likely N-dealkylation sites (tertiary alicyclic amines) is 1. The maximum atomic E-state index is 13.6. The zero-order chi connectivity index (χ0) is 14.8. The Balaban J connectivity index is 1.81. The van der Waals surface area contributed by atoms with Crippen molar-refractivity contribution in [3.05, 3.63) is 29.6 Å². The molecule has 0 spiro atoms. The van der Waals surface area contributed by atoms with Gasteiger partial charge < -0.3 is 10.1 Å². The van der Waals surface area contributed by atoms with Crippen molar-refractivity contribution in [2.24, 2.45) is 5.41 Å². The van der Waals surface area contributed by atoms with E-state index in [-0.39, 0.29) is 18.3 Å². The lowest BCUT2D eigenvalue weighted by atomic mass is 9.84. The highest BCUT2D eigenvalue weighted by molar-refractivity contribution is 5.78. The summed E-state index contributed by atoms with van der Waals surface area (Å²) in [6.45, 7) is 6.75.